The molecule has 0 aliphatic carbocycles. The Balaban J connectivity index is 3.07. The fourth-order valence-electron chi connectivity index (χ4n) is 1.06. The van der Waals surface area contributed by atoms with Crippen molar-refractivity contribution in [3.05, 3.63) is 29.6 Å². The van der Waals surface area contributed by atoms with E-state index in [4.69, 9.17) is 12.2 Å². The molecule has 0 spiro atoms. The molecular weight excluding hydrogens is 148 g/mol. The smallest absolute Gasteiger partial charge is 0.117 e. The van der Waals surface area contributed by atoms with Crippen molar-refractivity contribution in [2.45, 2.75) is 19.4 Å². The van der Waals surface area contributed by atoms with Crippen molar-refractivity contribution >= 4 is 0 Å². The maximum absolute atomic E-state index is 5.84. The largest absolute Gasteiger partial charge is 0.324 e. The maximum atomic E-state index is 5.84. The first kappa shape index (κ1) is 8.76. The molecule has 0 bridgehead atoms. The number of hydrogen-bond donors (Lipinski definition) is 1. The Labute approximate surface area is 72.8 Å². The van der Waals surface area contributed by atoms with E-state index < -0.39 is 0 Å². The Morgan fingerprint density at radius 2 is 2.50 bits per heavy atom. The molecule has 2 nitrogen and oxygen atoms in total. The molecule has 0 fully saturated rings. The molecule has 62 valence electrons. The molecule has 2 heteroatoms. The average Bonchev–Trinajstić information content (AvgIpc) is 2.16. The number of nitrogens with two attached hydrogens (primary N) is 1. The van der Waals surface area contributed by atoms with Gasteiger partial charge in [0, 0.05) is 17.8 Å². The van der Waals surface area contributed by atoms with Crippen LogP contribution >= 0.6 is 0 Å². The summed E-state index contributed by atoms with van der Waals surface area (Å²) in [5.41, 5.74) is 7.45. The normalized spacial score (nSPS) is 12.1. The van der Waals surface area contributed by atoms with E-state index in [9.17, 15) is 0 Å². The summed E-state index contributed by atoms with van der Waals surface area (Å²) in [5.74, 6) is 2.52. The van der Waals surface area contributed by atoms with Gasteiger partial charge in [-0.05, 0) is 18.4 Å². The molecule has 2 N–H and O–H groups in total. The van der Waals surface area contributed by atoms with Gasteiger partial charge in [0.15, 0.2) is 0 Å². The van der Waals surface area contributed by atoms with Gasteiger partial charge in [-0.25, -0.2) is 4.98 Å². The van der Waals surface area contributed by atoms with Crippen molar-refractivity contribution in [3.8, 4) is 12.3 Å². The molecule has 0 radical (unpaired) electrons. The third-order valence-corrected chi connectivity index (χ3v) is 1.81. The Morgan fingerprint density at radius 3 is 3.08 bits per heavy atom. The molecule has 1 heterocycles. The molecule has 1 aromatic rings. The van der Waals surface area contributed by atoms with Crippen LogP contribution in [0.3, 0.4) is 0 Å². The summed E-state index contributed by atoms with van der Waals surface area (Å²) in [5, 5.41) is 0. The first-order chi connectivity index (χ1) is 5.79. The molecule has 0 unspecified atom stereocenters. The minimum absolute atomic E-state index is 0.00440. The van der Waals surface area contributed by atoms with Crippen LogP contribution in [0.2, 0.25) is 0 Å². The lowest BCUT2D eigenvalue weighted by molar-refractivity contribution is 0.693. The molecule has 0 aliphatic rings. The standard InChI is InChI=1S/C10H12N2/c1-3-9(11)8-6-5-7-12-10(8)4-2/h2,5-7,9H,3,11H2,1H3/t9-/m1/s1. The van der Waals surface area contributed by atoms with Gasteiger partial charge in [-0.15, -0.1) is 6.42 Å². The third kappa shape index (κ3) is 1.63. The summed E-state index contributed by atoms with van der Waals surface area (Å²) in [6.45, 7) is 2.03. The number of terminal acetylenes is 1. The van der Waals surface area contributed by atoms with E-state index in [0.717, 1.165) is 12.0 Å². The summed E-state index contributed by atoms with van der Waals surface area (Å²) in [6.07, 6.45) is 7.83. The van der Waals surface area contributed by atoms with Crippen LogP contribution in [0.5, 0.6) is 0 Å². The van der Waals surface area contributed by atoms with Gasteiger partial charge < -0.3 is 5.73 Å². The minimum atomic E-state index is 0.00440. The second kappa shape index (κ2) is 3.89. The van der Waals surface area contributed by atoms with Crippen LogP contribution in [0.4, 0.5) is 0 Å². The molecular formula is C10H12N2. The number of hydrogen-bond acceptors (Lipinski definition) is 2. The highest BCUT2D eigenvalue weighted by Gasteiger charge is 2.07. The van der Waals surface area contributed by atoms with Crippen LogP contribution in [0.15, 0.2) is 18.3 Å². The van der Waals surface area contributed by atoms with Gasteiger partial charge in [-0.3, -0.25) is 0 Å². The van der Waals surface area contributed by atoms with Gasteiger partial charge in [0.2, 0.25) is 0 Å². The van der Waals surface area contributed by atoms with E-state index in [1.54, 1.807) is 6.20 Å². The van der Waals surface area contributed by atoms with Crippen LogP contribution in [0, 0.1) is 12.3 Å². The van der Waals surface area contributed by atoms with E-state index >= 15 is 0 Å². The molecule has 0 aromatic carbocycles. The van der Waals surface area contributed by atoms with E-state index in [2.05, 4.69) is 10.9 Å². The van der Waals surface area contributed by atoms with Crippen molar-refractivity contribution in [1.29, 1.82) is 0 Å². The predicted octanol–water partition coefficient (Wildman–Crippen LogP) is 1.47. The molecule has 0 amide bonds. The highest BCUT2D eigenvalue weighted by atomic mass is 14.7. The summed E-state index contributed by atoms with van der Waals surface area (Å²) in [4.78, 5) is 4.05. The summed E-state index contributed by atoms with van der Waals surface area (Å²) < 4.78 is 0. The van der Waals surface area contributed by atoms with Gasteiger partial charge in [-0.1, -0.05) is 13.0 Å². The lowest BCUT2D eigenvalue weighted by atomic mass is 10.0. The Kier molecular flexibility index (Phi) is 2.84. The van der Waals surface area contributed by atoms with Crippen LogP contribution < -0.4 is 5.73 Å². The summed E-state index contributed by atoms with van der Waals surface area (Å²) in [7, 11) is 0. The zero-order chi connectivity index (χ0) is 8.97. The fourth-order valence-corrected chi connectivity index (χ4v) is 1.06. The van der Waals surface area contributed by atoms with Crippen molar-refractivity contribution in [2.75, 3.05) is 0 Å². The highest BCUT2D eigenvalue weighted by Crippen LogP contribution is 2.15. The van der Waals surface area contributed by atoms with E-state index in [-0.39, 0.29) is 6.04 Å². The third-order valence-electron chi connectivity index (χ3n) is 1.81. The lowest BCUT2D eigenvalue weighted by Crippen LogP contribution is -2.11. The predicted molar refractivity (Wildman–Crippen MR) is 49.4 cm³/mol. The van der Waals surface area contributed by atoms with Crippen LogP contribution in [-0.4, -0.2) is 4.98 Å². The van der Waals surface area contributed by atoms with Gasteiger partial charge in [-0.2, -0.15) is 0 Å². The first-order valence-corrected chi connectivity index (χ1v) is 3.96. The van der Waals surface area contributed by atoms with Crippen molar-refractivity contribution in [1.82, 2.24) is 4.98 Å². The molecule has 12 heavy (non-hydrogen) atoms. The SMILES string of the molecule is C#Cc1ncccc1[C@H](N)CC. The van der Waals surface area contributed by atoms with Gasteiger partial charge in [0.1, 0.15) is 5.69 Å². The van der Waals surface area contributed by atoms with E-state index in [1.807, 2.05) is 19.1 Å². The van der Waals surface area contributed by atoms with Crippen molar-refractivity contribution in [2.24, 2.45) is 5.73 Å². The molecule has 0 saturated carbocycles. The number of aromatic nitrogens is 1. The Morgan fingerprint density at radius 1 is 1.75 bits per heavy atom. The molecule has 1 rings (SSSR count). The summed E-state index contributed by atoms with van der Waals surface area (Å²) >= 11 is 0. The highest BCUT2D eigenvalue weighted by molar-refractivity contribution is 5.35. The van der Waals surface area contributed by atoms with Gasteiger partial charge in [0.25, 0.3) is 0 Å². The maximum Gasteiger partial charge on any atom is 0.117 e. The second-order valence-electron chi connectivity index (χ2n) is 2.60. The lowest BCUT2D eigenvalue weighted by Gasteiger charge is -2.09. The van der Waals surface area contributed by atoms with Crippen molar-refractivity contribution < 1.29 is 0 Å². The number of rotatable bonds is 2. The quantitative estimate of drug-likeness (QED) is 0.665. The first-order valence-electron chi connectivity index (χ1n) is 3.96. The van der Waals surface area contributed by atoms with Crippen LogP contribution in [-0.2, 0) is 0 Å². The van der Waals surface area contributed by atoms with E-state index in [0.29, 0.717) is 5.69 Å². The van der Waals surface area contributed by atoms with Gasteiger partial charge in [0.05, 0.1) is 0 Å². The molecule has 0 saturated heterocycles. The topological polar surface area (TPSA) is 38.9 Å². The Hall–Kier alpha value is -1.33. The summed E-state index contributed by atoms with van der Waals surface area (Å²) in [6, 6.07) is 3.78. The molecule has 1 atom stereocenters. The molecule has 0 aliphatic heterocycles. The number of nitrogens with zero attached hydrogens (tertiary/aromatic N) is 1. The van der Waals surface area contributed by atoms with Crippen molar-refractivity contribution in [3.63, 3.8) is 0 Å². The van der Waals surface area contributed by atoms with Crippen LogP contribution in [0.25, 0.3) is 0 Å². The molecule has 1 aromatic heterocycles. The zero-order valence-corrected chi connectivity index (χ0v) is 7.12. The monoisotopic (exact) mass is 160 g/mol. The van der Waals surface area contributed by atoms with Crippen LogP contribution in [0.1, 0.15) is 30.6 Å². The van der Waals surface area contributed by atoms with E-state index in [1.165, 1.54) is 0 Å². The zero-order valence-electron chi connectivity index (χ0n) is 7.12. The minimum Gasteiger partial charge on any atom is -0.324 e. The Bertz CT molecular complexity index is 299. The fraction of sp³-hybridized carbons (Fsp3) is 0.300. The second-order valence-corrected chi connectivity index (χ2v) is 2.60. The number of pyridine rings is 1. The average molecular weight is 160 g/mol. The van der Waals surface area contributed by atoms with Gasteiger partial charge >= 0.3 is 0 Å².